The minimum Gasteiger partial charge on any atom is -0.478 e. The van der Waals surface area contributed by atoms with Crippen LogP contribution in [0.3, 0.4) is 0 Å². The lowest BCUT2D eigenvalue weighted by molar-refractivity contribution is -0.128. The van der Waals surface area contributed by atoms with Crippen molar-refractivity contribution in [3.05, 3.63) is 88.2 Å². The van der Waals surface area contributed by atoms with E-state index < -0.39 is 11.4 Å². The smallest absolute Gasteiger partial charge is 0.268 e. The molecule has 0 unspecified atom stereocenters. The van der Waals surface area contributed by atoms with Crippen molar-refractivity contribution in [2.45, 2.75) is 19.4 Å². The Morgan fingerprint density at radius 3 is 2.22 bits per heavy atom. The standard InChI is InChI=1S/C27H26Cl2FN3O3/c1-27(2,36-20-10-7-18(28)8-11-20)26(35)31-23-17-19(29)9-12-24(23)32-13-15-33(16-14-32)25(34)21-5-3-4-6-22(21)30/h3-12,17H,13-16H2,1-2H3,(H,31,35). The molecule has 0 saturated carbocycles. The van der Waals surface area contributed by atoms with Gasteiger partial charge >= 0.3 is 0 Å². The maximum atomic E-state index is 14.1. The molecule has 1 aliphatic rings. The first-order valence-electron chi connectivity index (χ1n) is 11.5. The molecule has 6 nitrogen and oxygen atoms in total. The monoisotopic (exact) mass is 529 g/mol. The van der Waals surface area contributed by atoms with E-state index in [1.54, 1.807) is 67.3 Å². The van der Waals surface area contributed by atoms with Crippen LogP contribution in [0.25, 0.3) is 0 Å². The summed E-state index contributed by atoms with van der Waals surface area (Å²) >= 11 is 12.2. The van der Waals surface area contributed by atoms with Crippen LogP contribution in [0, 0.1) is 5.82 Å². The minimum absolute atomic E-state index is 0.0633. The average Bonchev–Trinajstić information content (AvgIpc) is 2.85. The van der Waals surface area contributed by atoms with Crippen molar-refractivity contribution in [1.82, 2.24) is 4.90 Å². The van der Waals surface area contributed by atoms with Gasteiger partial charge in [0.05, 0.1) is 16.9 Å². The molecule has 3 aromatic carbocycles. The van der Waals surface area contributed by atoms with Gasteiger partial charge in [0.2, 0.25) is 0 Å². The summed E-state index contributed by atoms with van der Waals surface area (Å²) in [5.74, 6) is -0.703. The molecule has 0 radical (unpaired) electrons. The summed E-state index contributed by atoms with van der Waals surface area (Å²) in [6, 6.07) is 18.0. The van der Waals surface area contributed by atoms with Crippen LogP contribution >= 0.6 is 23.2 Å². The molecule has 1 heterocycles. The lowest BCUT2D eigenvalue weighted by atomic mass is 10.1. The average molecular weight is 530 g/mol. The van der Waals surface area contributed by atoms with Crippen LogP contribution < -0.4 is 15.0 Å². The molecule has 0 bridgehead atoms. The van der Waals surface area contributed by atoms with Crippen molar-refractivity contribution >= 4 is 46.4 Å². The van der Waals surface area contributed by atoms with Crippen molar-refractivity contribution < 1.29 is 18.7 Å². The third-order valence-electron chi connectivity index (χ3n) is 5.95. The highest BCUT2D eigenvalue weighted by atomic mass is 35.5. The van der Waals surface area contributed by atoms with Crippen molar-refractivity contribution in [1.29, 1.82) is 0 Å². The van der Waals surface area contributed by atoms with Gasteiger partial charge in [-0.05, 0) is 68.4 Å². The molecule has 3 aromatic rings. The molecule has 2 amide bonds. The van der Waals surface area contributed by atoms with Gasteiger partial charge in [-0.3, -0.25) is 9.59 Å². The van der Waals surface area contributed by atoms with Gasteiger partial charge < -0.3 is 19.9 Å². The van der Waals surface area contributed by atoms with E-state index in [4.69, 9.17) is 27.9 Å². The number of nitrogens with zero attached hydrogens (tertiary/aromatic N) is 2. The normalized spacial score (nSPS) is 13.9. The molecule has 1 N–H and O–H groups in total. The van der Waals surface area contributed by atoms with Gasteiger partial charge in [-0.15, -0.1) is 0 Å². The van der Waals surface area contributed by atoms with E-state index in [9.17, 15) is 14.0 Å². The molecule has 4 rings (SSSR count). The van der Waals surface area contributed by atoms with Gasteiger partial charge in [-0.25, -0.2) is 4.39 Å². The fourth-order valence-electron chi connectivity index (χ4n) is 3.96. The Balaban J connectivity index is 1.45. The first-order chi connectivity index (χ1) is 17.1. The Labute approximate surface area is 219 Å². The van der Waals surface area contributed by atoms with E-state index in [2.05, 4.69) is 10.2 Å². The quantitative estimate of drug-likeness (QED) is 0.432. The predicted octanol–water partition coefficient (Wildman–Crippen LogP) is 5.89. The van der Waals surface area contributed by atoms with E-state index in [0.717, 1.165) is 5.69 Å². The molecule has 0 atom stereocenters. The summed E-state index contributed by atoms with van der Waals surface area (Å²) in [7, 11) is 0. The molecule has 0 aliphatic carbocycles. The molecule has 36 heavy (non-hydrogen) atoms. The van der Waals surface area contributed by atoms with E-state index in [0.29, 0.717) is 47.7 Å². The number of piperazine rings is 1. The summed E-state index contributed by atoms with van der Waals surface area (Å²) in [6.07, 6.45) is 0. The van der Waals surface area contributed by atoms with Crippen molar-refractivity contribution in [2.75, 3.05) is 36.4 Å². The molecular formula is C27H26Cl2FN3O3. The van der Waals surface area contributed by atoms with Gasteiger partial charge in [-0.2, -0.15) is 0 Å². The number of amides is 2. The summed E-state index contributed by atoms with van der Waals surface area (Å²) in [5, 5.41) is 3.99. The summed E-state index contributed by atoms with van der Waals surface area (Å²) < 4.78 is 20.0. The zero-order valence-electron chi connectivity index (χ0n) is 19.9. The molecule has 1 saturated heterocycles. The molecule has 1 fully saturated rings. The predicted molar refractivity (Wildman–Crippen MR) is 141 cm³/mol. The van der Waals surface area contributed by atoms with Gasteiger partial charge in [0.25, 0.3) is 11.8 Å². The Bertz CT molecular complexity index is 1260. The number of carbonyl (C=O) groups excluding carboxylic acids is 2. The van der Waals surface area contributed by atoms with Gasteiger partial charge in [0.15, 0.2) is 5.60 Å². The van der Waals surface area contributed by atoms with Crippen molar-refractivity contribution in [2.24, 2.45) is 0 Å². The SMILES string of the molecule is CC(C)(Oc1ccc(Cl)cc1)C(=O)Nc1cc(Cl)ccc1N1CCN(C(=O)c2ccccc2F)CC1. The maximum Gasteiger partial charge on any atom is 0.268 e. The number of hydrogen-bond acceptors (Lipinski definition) is 4. The number of carbonyl (C=O) groups is 2. The van der Waals surface area contributed by atoms with E-state index in [1.165, 1.54) is 12.1 Å². The number of ether oxygens (including phenoxy) is 1. The van der Waals surface area contributed by atoms with Gasteiger partial charge in [0.1, 0.15) is 11.6 Å². The number of hydrogen-bond donors (Lipinski definition) is 1. The Hall–Kier alpha value is -3.29. The summed E-state index contributed by atoms with van der Waals surface area (Å²) in [4.78, 5) is 29.6. The second-order valence-electron chi connectivity index (χ2n) is 8.94. The third kappa shape index (κ3) is 5.91. The number of benzene rings is 3. The lowest BCUT2D eigenvalue weighted by Crippen LogP contribution is -2.49. The first-order valence-corrected chi connectivity index (χ1v) is 12.2. The first kappa shape index (κ1) is 25.8. The van der Waals surface area contributed by atoms with Crippen molar-refractivity contribution in [3.63, 3.8) is 0 Å². The lowest BCUT2D eigenvalue weighted by Gasteiger charge is -2.37. The van der Waals surface area contributed by atoms with Crippen LogP contribution in [-0.4, -0.2) is 48.5 Å². The molecule has 9 heteroatoms. The third-order valence-corrected chi connectivity index (χ3v) is 6.44. The largest absolute Gasteiger partial charge is 0.478 e. The number of anilines is 2. The number of rotatable bonds is 6. The van der Waals surface area contributed by atoms with E-state index >= 15 is 0 Å². The van der Waals surface area contributed by atoms with Gasteiger partial charge in [-0.1, -0.05) is 35.3 Å². The van der Waals surface area contributed by atoms with Crippen LogP contribution in [0.5, 0.6) is 5.75 Å². The Kier molecular flexibility index (Phi) is 7.71. The molecule has 188 valence electrons. The Morgan fingerprint density at radius 2 is 1.56 bits per heavy atom. The molecule has 0 spiro atoms. The van der Waals surface area contributed by atoms with Crippen LogP contribution in [0.15, 0.2) is 66.7 Å². The summed E-state index contributed by atoms with van der Waals surface area (Å²) in [6.45, 7) is 5.19. The highest BCUT2D eigenvalue weighted by Crippen LogP contribution is 2.32. The van der Waals surface area contributed by atoms with Gasteiger partial charge in [0, 0.05) is 36.2 Å². The topological polar surface area (TPSA) is 61.9 Å². The number of nitrogens with one attached hydrogen (secondary N) is 1. The van der Waals surface area contributed by atoms with E-state index in [1.807, 2.05) is 6.07 Å². The maximum absolute atomic E-state index is 14.1. The summed E-state index contributed by atoms with van der Waals surface area (Å²) in [5.41, 5.74) is 0.189. The fraction of sp³-hybridized carbons (Fsp3) is 0.259. The molecule has 0 aromatic heterocycles. The minimum atomic E-state index is -1.18. The van der Waals surface area contributed by atoms with E-state index in [-0.39, 0.29) is 17.4 Å². The van der Waals surface area contributed by atoms with Crippen LogP contribution in [0.2, 0.25) is 10.0 Å². The highest BCUT2D eigenvalue weighted by Gasteiger charge is 2.32. The van der Waals surface area contributed by atoms with Crippen LogP contribution in [-0.2, 0) is 4.79 Å². The van der Waals surface area contributed by atoms with Crippen LogP contribution in [0.4, 0.5) is 15.8 Å². The fourth-order valence-corrected chi connectivity index (χ4v) is 4.25. The molecular weight excluding hydrogens is 504 g/mol. The zero-order chi connectivity index (χ0) is 25.9. The molecule has 1 aliphatic heterocycles. The zero-order valence-corrected chi connectivity index (χ0v) is 21.4. The second-order valence-corrected chi connectivity index (χ2v) is 9.81. The van der Waals surface area contributed by atoms with Crippen LogP contribution in [0.1, 0.15) is 24.2 Å². The van der Waals surface area contributed by atoms with Crippen molar-refractivity contribution in [3.8, 4) is 5.75 Å². The second kappa shape index (κ2) is 10.8. The Morgan fingerprint density at radius 1 is 0.917 bits per heavy atom. The number of halogens is 3. The highest BCUT2D eigenvalue weighted by molar-refractivity contribution is 6.31.